The van der Waals surface area contributed by atoms with Crippen LogP contribution in [0.3, 0.4) is 0 Å². The smallest absolute Gasteiger partial charge is 0.243 e. The van der Waals surface area contributed by atoms with Gasteiger partial charge in [0.1, 0.15) is 0 Å². The molecule has 1 unspecified atom stereocenters. The fraction of sp³-hybridized carbons (Fsp3) is 0.278. The van der Waals surface area contributed by atoms with Crippen molar-refractivity contribution in [2.24, 2.45) is 0 Å². The fourth-order valence-electron chi connectivity index (χ4n) is 3.19. The molecular weight excluding hydrogens is 336 g/mol. The highest BCUT2D eigenvalue weighted by Crippen LogP contribution is 2.24. The van der Waals surface area contributed by atoms with Gasteiger partial charge in [0.05, 0.1) is 16.6 Å². The minimum Gasteiger partial charge on any atom is -0.381 e. The molecule has 0 saturated carbocycles. The van der Waals surface area contributed by atoms with Gasteiger partial charge in [0.25, 0.3) is 0 Å². The zero-order valence-electron chi connectivity index (χ0n) is 13.9. The van der Waals surface area contributed by atoms with E-state index in [2.05, 4.69) is 15.5 Å². The van der Waals surface area contributed by atoms with Crippen LogP contribution in [0.1, 0.15) is 12.0 Å². The molecule has 2 aromatic carbocycles. The molecule has 4 rings (SSSR count). The van der Waals surface area contributed by atoms with Crippen LogP contribution in [-0.4, -0.2) is 42.1 Å². The average Bonchev–Trinajstić information content (AvgIpc) is 3.24. The first-order valence-corrected chi connectivity index (χ1v) is 9.73. The lowest BCUT2D eigenvalue weighted by molar-refractivity contribution is 0.474. The maximum Gasteiger partial charge on any atom is 0.243 e. The van der Waals surface area contributed by atoms with Gasteiger partial charge in [0.15, 0.2) is 0 Å². The lowest BCUT2D eigenvalue weighted by Crippen LogP contribution is -2.31. The molecule has 0 aliphatic carbocycles. The van der Waals surface area contributed by atoms with E-state index in [0.717, 1.165) is 28.6 Å². The third kappa shape index (κ3) is 3.12. The van der Waals surface area contributed by atoms with Gasteiger partial charge < -0.3 is 5.32 Å². The molecule has 2 N–H and O–H groups in total. The Hall–Kier alpha value is -2.38. The molecule has 1 atom stereocenters. The van der Waals surface area contributed by atoms with E-state index < -0.39 is 10.0 Å². The Bertz CT molecular complexity index is 995. The maximum atomic E-state index is 12.8. The van der Waals surface area contributed by atoms with E-state index in [4.69, 9.17) is 0 Å². The molecule has 0 spiro atoms. The summed E-state index contributed by atoms with van der Waals surface area (Å²) in [5, 5.41) is 11.4. The van der Waals surface area contributed by atoms with Gasteiger partial charge in [-0.1, -0.05) is 17.7 Å². The summed E-state index contributed by atoms with van der Waals surface area (Å²) in [5.74, 6) is 0. The molecule has 1 aliphatic rings. The van der Waals surface area contributed by atoms with Gasteiger partial charge >= 0.3 is 0 Å². The summed E-state index contributed by atoms with van der Waals surface area (Å²) in [4.78, 5) is 0.360. The molecule has 1 aromatic heterocycles. The van der Waals surface area contributed by atoms with E-state index in [-0.39, 0.29) is 6.04 Å². The monoisotopic (exact) mass is 356 g/mol. The summed E-state index contributed by atoms with van der Waals surface area (Å²) in [7, 11) is -3.43. The van der Waals surface area contributed by atoms with E-state index in [1.807, 2.05) is 37.3 Å². The first-order chi connectivity index (χ1) is 12.0. The molecule has 0 amide bonds. The summed E-state index contributed by atoms with van der Waals surface area (Å²) in [6.45, 7) is 2.95. The normalized spacial score (nSPS) is 18.7. The number of aromatic amines is 1. The van der Waals surface area contributed by atoms with Crippen molar-refractivity contribution >= 4 is 26.6 Å². The number of aryl methyl sites for hydroxylation is 1. The van der Waals surface area contributed by atoms with E-state index in [1.165, 1.54) is 0 Å². The number of rotatable bonds is 4. The molecule has 3 aromatic rings. The van der Waals surface area contributed by atoms with Gasteiger partial charge in [-0.25, -0.2) is 8.42 Å². The average molecular weight is 356 g/mol. The molecule has 0 bridgehead atoms. The second-order valence-corrected chi connectivity index (χ2v) is 8.42. The van der Waals surface area contributed by atoms with Gasteiger partial charge in [0, 0.05) is 30.2 Å². The second-order valence-electron chi connectivity index (χ2n) is 6.48. The molecule has 2 heterocycles. The highest BCUT2D eigenvalue weighted by Gasteiger charge is 2.32. The predicted octanol–water partition coefficient (Wildman–Crippen LogP) is 2.75. The van der Waals surface area contributed by atoms with Crippen LogP contribution in [0.25, 0.3) is 10.9 Å². The highest BCUT2D eigenvalue weighted by atomic mass is 32.2. The number of aromatic nitrogens is 2. The number of sulfonamides is 1. The first kappa shape index (κ1) is 16.1. The Morgan fingerprint density at radius 1 is 1.20 bits per heavy atom. The van der Waals surface area contributed by atoms with Crippen molar-refractivity contribution in [1.29, 1.82) is 0 Å². The van der Waals surface area contributed by atoms with Crippen LogP contribution in [0.15, 0.2) is 53.6 Å². The highest BCUT2D eigenvalue weighted by molar-refractivity contribution is 7.89. The third-order valence-corrected chi connectivity index (χ3v) is 6.50. The largest absolute Gasteiger partial charge is 0.381 e. The standard InChI is InChI=1S/C18H20N4O2S/c1-13-2-5-17(6-3-13)25(23,24)22-9-8-16(12-22)20-15-4-7-18-14(10-15)11-19-21-18/h2-7,10-11,16,20H,8-9,12H2,1H3,(H,19,21). The SMILES string of the molecule is Cc1ccc(S(=O)(=O)N2CCC(Nc3ccc4[nH]ncc4c3)C2)cc1. The molecule has 6 nitrogen and oxygen atoms in total. The number of H-pyrrole nitrogens is 1. The molecule has 130 valence electrons. The number of anilines is 1. The lowest BCUT2D eigenvalue weighted by Gasteiger charge is -2.18. The minimum atomic E-state index is -3.43. The predicted molar refractivity (Wildman–Crippen MR) is 98.1 cm³/mol. The summed E-state index contributed by atoms with van der Waals surface area (Å²) < 4.78 is 27.1. The molecular formula is C18H20N4O2S. The summed E-state index contributed by atoms with van der Waals surface area (Å²) >= 11 is 0. The number of benzene rings is 2. The van der Waals surface area contributed by atoms with Crippen LogP contribution >= 0.6 is 0 Å². The number of nitrogens with zero attached hydrogens (tertiary/aromatic N) is 2. The van der Waals surface area contributed by atoms with Gasteiger partial charge in [-0.15, -0.1) is 0 Å². The summed E-state index contributed by atoms with van der Waals surface area (Å²) in [6, 6.07) is 13.1. The Morgan fingerprint density at radius 2 is 2.00 bits per heavy atom. The van der Waals surface area contributed by atoms with Gasteiger partial charge in [-0.3, -0.25) is 5.10 Å². The number of hydrogen-bond acceptors (Lipinski definition) is 4. The first-order valence-electron chi connectivity index (χ1n) is 8.29. The third-order valence-electron chi connectivity index (χ3n) is 4.62. The molecule has 25 heavy (non-hydrogen) atoms. The van der Waals surface area contributed by atoms with Crippen molar-refractivity contribution in [3.05, 3.63) is 54.2 Å². The van der Waals surface area contributed by atoms with Crippen LogP contribution < -0.4 is 5.32 Å². The van der Waals surface area contributed by atoms with Gasteiger partial charge in [-0.05, 0) is 43.7 Å². The van der Waals surface area contributed by atoms with Crippen LogP contribution in [0.2, 0.25) is 0 Å². The molecule has 1 aliphatic heterocycles. The lowest BCUT2D eigenvalue weighted by atomic mass is 10.2. The van der Waals surface area contributed by atoms with E-state index in [1.54, 1.807) is 22.6 Å². The Morgan fingerprint density at radius 3 is 2.80 bits per heavy atom. The van der Waals surface area contributed by atoms with Gasteiger partial charge in [0.2, 0.25) is 10.0 Å². The van der Waals surface area contributed by atoms with Crippen molar-refractivity contribution < 1.29 is 8.42 Å². The molecule has 1 fully saturated rings. The van der Waals surface area contributed by atoms with Crippen LogP contribution in [0.5, 0.6) is 0 Å². The number of fused-ring (bicyclic) bond motifs is 1. The summed E-state index contributed by atoms with van der Waals surface area (Å²) in [6.07, 6.45) is 2.57. The maximum absolute atomic E-state index is 12.8. The van der Waals surface area contributed by atoms with Gasteiger partial charge in [-0.2, -0.15) is 9.40 Å². The van der Waals surface area contributed by atoms with Crippen molar-refractivity contribution in [2.45, 2.75) is 24.3 Å². The molecule has 1 saturated heterocycles. The zero-order valence-corrected chi connectivity index (χ0v) is 14.8. The molecule has 0 radical (unpaired) electrons. The zero-order chi connectivity index (χ0) is 17.4. The number of hydrogen-bond donors (Lipinski definition) is 2. The molecule has 7 heteroatoms. The van der Waals surface area contributed by atoms with Crippen molar-refractivity contribution in [3.8, 4) is 0 Å². The quantitative estimate of drug-likeness (QED) is 0.753. The fourth-order valence-corrected chi connectivity index (χ4v) is 4.69. The van der Waals surface area contributed by atoms with Crippen LogP contribution in [-0.2, 0) is 10.0 Å². The topological polar surface area (TPSA) is 78.1 Å². The van der Waals surface area contributed by atoms with Crippen LogP contribution in [0.4, 0.5) is 5.69 Å². The van der Waals surface area contributed by atoms with E-state index >= 15 is 0 Å². The Labute approximate surface area is 146 Å². The number of nitrogens with one attached hydrogen (secondary N) is 2. The van der Waals surface area contributed by atoms with E-state index in [9.17, 15) is 8.42 Å². The Kier molecular flexibility index (Phi) is 3.97. The minimum absolute atomic E-state index is 0.101. The van der Waals surface area contributed by atoms with Crippen molar-refractivity contribution in [1.82, 2.24) is 14.5 Å². The van der Waals surface area contributed by atoms with Crippen molar-refractivity contribution in [3.63, 3.8) is 0 Å². The Balaban J connectivity index is 1.48. The van der Waals surface area contributed by atoms with E-state index in [0.29, 0.717) is 18.0 Å². The second kappa shape index (κ2) is 6.16. The summed E-state index contributed by atoms with van der Waals surface area (Å²) in [5.41, 5.74) is 3.02. The van der Waals surface area contributed by atoms with Crippen molar-refractivity contribution in [2.75, 3.05) is 18.4 Å². The van der Waals surface area contributed by atoms with Crippen LogP contribution in [0, 0.1) is 6.92 Å².